The molecule has 0 radical (unpaired) electrons. The maximum atomic E-state index is 13.9. The molecule has 2 saturated carbocycles. The topological polar surface area (TPSA) is 70.2 Å². The highest BCUT2D eigenvalue weighted by Gasteiger charge is 2.37. The van der Waals surface area contributed by atoms with Crippen molar-refractivity contribution in [2.45, 2.75) is 57.0 Å². The Hall–Kier alpha value is -3.58. The third kappa shape index (κ3) is 7.33. The summed E-state index contributed by atoms with van der Waals surface area (Å²) in [5.74, 6) is -0.537. The molecule has 40 heavy (non-hydrogen) atoms. The molecule has 7 heteroatoms. The summed E-state index contributed by atoms with van der Waals surface area (Å²) in [6, 6.07) is 19.7. The van der Waals surface area contributed by atoms with Crippen molar-refractivity contribution >= 4 is 11.8 Å². The van der Waals surface area contributed by atoms with Gasteiger partial charge in [0, 0.05) is 12.0 Å². The Labute approximate surface area is 234 Å². The first-order valence-corrected chi connectivity index (χ1v) is 14.2. The number of benzene rings is 3. The second-order valence-electron chi connectivity index (χ2n) is 11.3. The van der Waals surface area contributed by atoms with Crippen LogP contribution in [0.25, 0.3) is 0 Å². The van der Waals surface area contributed by atoms with Gasteiger partial charge >= 0.3 is 0 Å². The molecule has 0 bridgehead atoms. The summed E-state index contributed by atoms with van der Waals surface area (Å²) in [5, 5.41) is 9.62. The summed E-state index contributed by atoms with van der Waals surface area (Å²) >= 11 is 0. The fourth-order valence-corrected chi connectivity index (χ4v) is 5.71. The lowest BCUT2D eigenvalue weighted by Gasteiger charge is -2.37. The van der Waals surface area contributed by atoms with Crippen LogP contribution in [0, 0.1) is 30.4 Å². The lowest BCUT2D eigenvalue weighted by atomic mass is 9.72. The number of amides is 2. The number of hydrogen-bond donors (Lipinski definition) is 3. The molecular weight excluding hydrogens is 508 g/mol. The normalized spacial score (nSPS) is 20.8. The van der Waals surface area contributed by atoms with Crippen LogP contribution in [0.1, 0.15) is 66.3 Å². The zero-order chi connectivity index (χ0) is 28.1. The lowest BCUT2D eigenvalue weighted by Crippen LogP contribution is -2.46. The van der Waals surface area contributed by atoms with Gasteiger partial charge in [0.1, 0.15) is 11.6 Å². The van der Waals surface area contributed by atoms with E-state index in [2.05, 4.69) is 28.1 Å². The molecule has 0 spiro atoms. The lowest BCUT2D eigenvalue weighted by molar-refractivity contribution is -0.127. The quantitative estimate of drug-likeness (QED) is 0.313. The van der Waals surface area contributed by atoms with Gasteiger partial charge in [-0.3, -0.25) is 9.59 Å². The van der Waals surface area contributed by atoms with Crippen LogP contribution in [0.4, 0.5) is 8.78 Å². The van der Waals surface area contributed by atoms with Gasteiger partial charge in [-0.1, -0.05) is 54.1 Å². The highest BCUT2D eigenvalue weighted by Crippen LogP contribution is 2.39. The first-order valence-electron chi connectivity index (χ1n) is 14.2. The molecule has 2 amide bonds. The summed E-state index contributed by atoms with van der Waals surface area (Å²) in [6.07, 6.45) is 4.45. The van der Waals surface area contributed by atoms with E-state index < -0.39 is 6.04 Å². The molecule has 210 valence electrons. The van der Waals surface area contributed by atoms with Crippen LogP contribution in [-0.4, -0.2) is 30.9 Å². The summed E-state index contributed by atoms with van der Waals surface area (Å²) in [6.45, 7) is 3.22. The monoisotopic (exact) mass is 545 g/mol. The van der Waals surface area contributed by atoms with Gasteiger partial charge in [-0.2, -0.15) is 0 Å². The van der Waals surface area contributed by atoms with Crippen molar-refractivity contribution in [1.29, 1.82) is 0 Å². The average molecular weight is 546 g/mol. The maximum Gasteiger partial charge on any atom is 0.234 e. The van der Waals surface area contributed by atoms with E-state index >= 15 is 0 Å². The molecule has 3 atom stereocenters. The van der Waals surface area contributed by atoms with E-state index in [-0.39, 0.29) is 41.3 Å². The zero-order valence-corrected chi connectivity index (χ0v) is 22.8. The fraction of sp³-hybridized carbons (Fsp3) is 0.394. The van der Waals surface area contributed by atoms with Gasteiger partial charge in [-0.25, -0.2) is 8.78 Å². The van der Waals surface area contributed by atoms with Gasteiger partial charge in [0.05, 0.1) is 12.6 Å². The van der Waals surface area contributed by atoms with E-state index in [4.69, 9.17) is 0 Å². The summed E-state index contributed by atoms with van der Waals surface area (Å²) < 4.78 is 27.4. The van der Waals surface area contributed by atoms with E-state index in [0.717, 1.165) is 17.7 Å². The molecule has 5 nitrogen and oxygen atoms in total. The zero-order valence-electron chi connectivity index (χ0n) is 22.8. The Morgan fingerprint density at radius 1 is 0.825 bits per heavy atom. The molecule has 2 aliphatic rings. The fourth-order valence-electron chi connectivity index (χ4n) is 5.71. The molecule has 0 aromatic heterocycles. The predicted molar refractivity (Wildman–Crippen MR) is 152 cm³/mol. The summed E-state index contributed by atoms with van der Waals surface area (Å²) in [7, 11) is 0. The number of carbonyl (C=O) groups is 2. The van der Waals surface area contributed by atoms with Gasteiger partial charge in [0.15, 0.2) is 0 Å². The smallest absolute Gasteiger partial charge is 0.234 e. The Kier molecular flexibility index (Phi) is 8.90. The van der Waals surface area contributed by atoms with Gasteiger partial charge in [-0.15, -0.1) is 0 Å². The molecule has 3 N–H and O–H groups in total. The molecule has 0 saturated heterocycles. The number of hydrogen-bond acceptors (Lipinski definition) is 3. The second-order valence-corrected chi connectivity index (χ2v) is 11.3. The minimum Gasteiger partial charge on any atom is -0.352 e. The van der Waals surface area contributed by atoms with Crippen LogP contribution in [0.2, 0.25) is 0 Å². The van der Waals surface area contributed by atoms with E-state index in [1.54, 1.807) is 24.3 Å². The van der Waals surface area contributed by atoms with Crippen molar-refractivity contribution in [2.24, 2.45) is 11.8 Å². The maximum absolute atomic E-state index is 13.9. The largest absolute Gasteiger partial charge is 0.352 e. The van der Waals surface area contributed by atoms with Crippen molar-refractivity contribution in [2.75, 3.05) is 13.1 Å². The molecule has 0 heterocycles. The van der Waals surface area contributed by atoms with Crippen molar-refractivity contribution in [3.8, 4) is 0 Å². The Bertz CT molecular complexity index is 1250. The third-order valence-corrected chi connectivity index (χ3v) is 8.17. The molecule has 3 aromatic rings. The van der Waals surface area contributed by atoms with Gasteiger partial charge in [0.25, 0.3) is 0 Å². The van der Waals surface area contributed by atoms with Gasteiger partial charge in [-0.05, 0) is 98.4 Å². The number of nitrogens with one attached hydrogen (secondary N) is 3. The predicted octanol–water partition coefficient (Wildman–Crippen LogP) is 5.55. The minimum atomic E-state index is -0.553. The van der Waals surface area contributed by atoms with Crippen LogP contribution >= 0.6 is 0 Å². The summed E-state index contributed by atoms with van der Waals surface area (Å²) in [4.78, 5) is 26.5. The number of carbonyl (C=O) groups excluding carboxylic acids is 2. The van der Waals surface area contributed by atoms with Crippen molar-refractivity contribution in [1.82, 2.24) is 16.0 Å². The second kappa shape index (κ2) is 12.7. The SMILES string of the molecule is Cc1ccc(C2CC(NC(=O)CNCC3CC3)CCC2C(=O)NC(c2ccc(F)cc2)c2ccc(F)cc2)cc1. The van der Waals surface area contributed by atoms with Crippen LogP contribution in [0.5, 0.6) is 0 Å². The molecule has 0 aliphatic heterocycles. The molecule has 3 aromatic carbocycles. The highest BCUT2D eigenvalue weighted by atomic mass is 19.1. The first-order chi connectivity index (χ1) is 19.4. The Morgan fingerprint density at radius 2 is 1.43 bits per heavy atom. The standard InChI is InChI=1S/C33H37F2N3O2/c1-21-2-6-23(7-3-21)30-18-28(37-31(39)20-36-19-22-4-5-22)16-17-29(30)33(40)38-32(24-8-12-26(34)13-9-24)25-10-14-27(35)15-11-25/h2-3,6-15,22,28-30,32,36H,4-5,16-20H2,1H3,(H,37,39)(H,38,40). The Morgan fingerprint density at radius 3 is 2.00 bits per heavy atom. The molecule has 2 fully saturated rings. The highest BCUT2D eigenvalue weighted by molar-refractivity contribution is 5.81. The number of halogens is 2. The van der Waals surface area contributed by atoms with Crippen LogP contribution in [0.3, 0.4) is 0 Å². The third-order valence-electron chi connectivity index (χ3n) is 8.17. The summed E-state index contributed by atoms with van der Waals surface area (Å²) in [5.41, 5.74) is 3.64. The minimum absolute atomic E-state index is 0.0103. The van der Waals surface area contributed by atoms with Gasteiger partial charge < -0.3 is 16.0 Å². The van der Waals surface area contributed by atoms with Gasteiger partial charge in [0.2, 0.25) is 11.8 Å². The number of aryl methyl sites for hydroxylation is 1. The van der Waals surface area contributed by atoms with E-state index in [0.29, 0.717) is 42.9 Å². The molecule has 3 unspecified atom stereocenters. The van der Waals surface area contributed by atoms with Crippen molar-refractivity contribution in [3.63, 3.8) is 0 Å². The van der Waals surface area contributed by atoms with Crippen LogP contribution < -0.4 is 16.0 Å². The van der Waals surface area contributed by atoms with Crippen molar-refractivity contribution < 1.29 is 18.4 Å². The molecule has 5 rings (SSSR count). The Balaban J connectivity index is 1.33. The first kappa shape index (κ1) is 28.0. The number of rotatable bonds is 10. The van der Waals surface area contributed by atoms with E-state index in [1.807, 2.05) is 19.1 Å². The molecular formula is C33H37F2N3O2. The van der Waals surface area contributed by atoms with E-state index in [9.17, 15) is 18.4 Å². The average Bonchev–Trinajstić information content (AvgIpc) is 3.78. The van der Waals surface area contributed by atoms with Crippen LogP contribution in [0.15, 0.2) is 72.8 Å². The van der Waals surface area contributed by atoms with Crippen LogP contribution in [-0.2, 0) is 9.59 Å². The molecule has 2 aliphatic carbocycles. The van der Waals surface area contributed by atoms with E-state index in [1.165, 1.54) is 37.1 Å². The van der Waals surface area contributed by atoms with Crippen molar-refractivity contribution in [3.05, 3.63) is 107 Å².